The normalized spacial score (nSPS) is 17.8. The summed E-state index contributed by atoms with van der Waals surface area (Å²) in [6.07, 6.45) is -4.37. The maximum Gasteiger partial charge on any atom is 0.405 e. The zero-order valence-electron chi connectivity index (χ0n) is 9.44. The molecular weight excluding hydrogens is 237 g/mol. The van der Waals surface area contributed by atoms with E-state index < -0.39 is 18.8 Å². The van der Waals surface area contributed by atoms with Crippen LogP contribution in [0.2, 0.25) is 0 Å². The number of alkyl halides is 3. The number of rotatable bonds is 4. The van der Waals surface area contributed by atoms with Crippen LogP contribution in [0.1, 0.15) is 0 Å². The molecule has 8 heteroatoms. The Balaban J connectivity index is 2.03. The molecule has 2 amide bonds. The Morgan fingerprint density at radius 1 is 1.24 bits per heavy atom. The van der Waals surface area contributed by atoms with Crippen molar-refractivity contribution in [1.29, 1.82) is 0 Å². The van der Waals surface area contributed by atoms with Crippen molar-refractivity contribution in [3.05, 3.63) is 0 Å². The number of carbonyl (C=O) groups is 1. The van der Waals surface area contributed by atoms with E-state index in [4.69, 9.17) is 0 Å². The van der Waals surface area contributed by atoms with E-state index in [0.717, 1.165) is 26.2 Å². The van der Waals surface area contributed by atoms with Crippen molar-refractivity contribution in [2.24, 2.45) is 0 Å². The fourth-order valence-electron chi connectivity index (χ4n) is 1.51. The molecule has 1 heterocycles. The molecule has 3 N–H and O–H groups in total. The molecule has 17 heavy (non-hydrogen) atoms. The van der Waals surface area contributed by atoms with Crippen molar-refractivity contribution in [2.75, 3.05) is 45.8 Å². The molecule has 0 saturated carbocycles. The highest BCUT2D eigenvalue weighted by Crippen LogP contribution is 2.11. The molecule has 1 aliphatic rings. The third-order valence-electron chi connectivity index (χ3n) is 2.37. The highest BCUT2D eigenvalue weighted by Gasteiger charge is 2.27. The van der Waals surface area contributed by atoms with Crippen LogP contribution in [0.25, 0.3) is 0 Å². The molecule has 1 aliphatic heterocycles. The number of halogens is 3. The molecule has 0 aromatic carbocycles. The van der Waals surface area contributed by atoms with Crippen molar-refractivity contribution in [2.45, 2.75) is 6.18 Å². The van der Waals surface area contributed by atoms with E-state index in [9.17, 15) is 18.0 Å². The Hall–Kier alpha value is -1.02. The number of amides is 2. The van der Waals surface area contributed by atoms with Crippen molar-refractivity contribution in [3.63, 3.8) is 0 Å². The van der Waals surface area contributed by atoms with Crippen molar-refractivity contribution in [1.82, 2.24) is 20.9 Å². The molecule has 0 radical (unpaired) electrons. The molecule has 100 valence electrons. The van der Waals surface area contributed by atoms with Crippen LogP contribution in [-0.2, 0) is 0 Å². The standard InChI is InChI=1S/C9H17F3N4O/c10-9(11,12)7-15-8(17)14-3-6-16-4-1-13-2-5-16/h13H,1-7H2,(H2,14,15,17). The molecule has 5 nitrogen and oxygen atoms in total. The lowest BCUT2D eigenvalue weighted by Gasteiger charge is -2.27. The average Bonchev–Trinajstić information content (AvgIpc) is 2.27. The second-order valence-corrected chi connectivity index (χ2v) is 3.82. The Labute approximate surface area is 97.7 Å². The maximum atomic E-state index is 11.8. The fourth-order valence-corrected chi connectivity index (χ4v) is 1.51. The molecule has 0 aliphatic carbocycles. The second kappa shape index (κ2) is 6.65. The first-order chi connectivity index (χ1) is 7.97. The Kier molecular flexibility index (Phi) is 5.49. The van der Waals surface area contributed by atoms with E-state index in [2.05, 4.69) is 15.5 Å². The smallest absolute Gasteiger partial charge is 0.337 e. The van der Waals surface area contributed by atoms with Crippen LogP contribution in [0.5, 0.6) is 0 Å². The third-order valence-corrected chi connectivity index (χ3v) is 2.37. The lowest BCUT2D eigenvalue weighted by molar-refractivity contribution is -0.122. The zero-order chi connectivity index (χ0) is 12.7. The van der Waals surface area contributed by atoms with Crippen molar-refractivity contribution >= 4 is 6.03 Å². The molecule has 0 aromatic rings. The Morgan fingerprint density at radius 2 is 1.88 bits per heavy atom. The van der Waals surface area contributed by atoms with E-state index in [-0.39, 0.29) is 0 Å². The van der Waals surface area contributed by atoms with Gasteiger partial charge in [0, 0.05) is 39.3 Å². The summed E-state index contributed by atoms with van der Waals surface area (Å²) in [6, 6.07) is -0.780. The van der Waals surface area contributed by atoms with Crippen LogP contribution in [0, 0.1) is 0 Å². The van der Waals surface area contributed by atoms with E-state index in [1.165, 1.54) is 0 Å². The van der Waals surface area contributed by atoms with Crippen LogP contribution < -0.4 is 16.0 Å². The van der Waals surface area contributed by atoms with Gasteiger partial charge in [0.2, 0.25) is 0 Å². The van der Waals surface area contributed by atoms with E-state index in [1.807, 2.05) is 0 Å². The summed E-state index contributed by atoms with van der Waals surface area (Å²) in [7, 11) is 0. The highest BCUT2D eigenvalue weighted by atomic mass is 19.4. The Morgan fingerprint density at radius 3 is 2.47 bits per heavy atom. The third kappa shape index (κ3) is 7.01. The van der Waals surface area contributed by atoms with Gasteiger partial charge in [-0.3, -0.25) is 4.90 Å². The lowest BCUT2D eigenvalue weighted by Crippen LogP contribution is -2.48. The number of urea groups is 1. The van der Waals surface area contributed by atoms with Gasteiger partial charge in [-0.25, -0.2) is 4.79 Å². The quantitative estimate of drug-likeness (QED) is 0.648. The van der Waals surface area contributed by atoms with Gasteiger partial charge in [-0.05, 0) is 0 Å². The number of nitrogens with zero attached hydrogens (tertiary/aromatic N) is 1. The van der Waals surface area contributed by atoms with Crippen molar-refractivity contribution < 1.29 is 18.0 Å². The van der Waals surface area contributed by atoms with Crippen LogP contribution in [0.4, 0.5) is 18.0 Å². The summed E-state index contributed by atoms with van der Waals surface area (Å²) >= 11 is 0. The molecule has 0 bridgehead atoms. The summed E-state index contributed by atoms with van der Waals surface area (Å²) in [6.45, 7) is 3.30. The van der Waals surface area contributed by atoms with Gasteiger partial charge < -0.3 is 16.0 Å². The topological polar surface area (TPSA) is 56.4 Å². The fraction of sp³-hybridized carbons (Fsp3) is 0.889. The number of nitrogens with one attached hydrogen (secondary N) is 3. The number of carbonyl (C=O) groups excluding carboxylic acids is 1. The predicted octanol–water partition coefficient (Wildman–Crippen LogP) is -0.247. The van der Waals surface area contributed by atoms with Crippen LogP contribution in [-0.4, -0.2) is 62.9 Å². The number of piperazine rings is 1. The van der Waals surface area contributed by atoms with Crippen LogP contribution >= 0.6 is 0 Å². The molecule has 1 fully saturated rings. The first-order valence-electron chi connectivity index (χ1n) is 5.49. The molecule has 0 aromatic heterocycles. The molecule has 1 saturated heterocycles. The number of hydrogen-bond acceptors (Lipinski definition) is 3. The molecular formula is C9H17F3N4O. The first kappa shape index (κ1) is 14.0. The molecule has 0 unspecified atom stereocenters. The van der Waals surface area contributed by atoms with Crippen LogP contribution in [0.15, 0.2) is 0 Å². The minimum atomic E-state index is -4.37. The maximum absolute atomic E-state index is 11.8. The predicted molar refractivity (Wildman–Crippen MR) is 56.8 cm³/mol. The highest BCUT2D eigenvalue weighted by molar-refractivity contribution is 5.73. The van der Waals surface area contributed by atoms with E-state index >= 15 is 0 Å². The summed E-state index contributed by atoms with van der Waals surface area (Å²) in [5, 5.41) is 7.33. The summed E-state index contributed by atoms with van der Waals surface area (Å²) in [4.78, 5) is 13.1. The zero-order valence-corrected chi connectivity index (χ0v) is 9.44. The van der Waals surface area contributed by atoms with Gasteiger partial charge in [-0.15, -0.1) is 0 Å². The largest absolute Gasteiger partial charge is 0.405 e. The van der Waals surface area contributed by atoms with E-state index in [0.29, 0.717) is 13.1 Å². The van der Waals surface area contributed by atoms with Gasteiger partial charge in [-0.1, -0.05) is 0 Å². The van der Waals surface area contributed by atoms with Gasteiger partial charge in [0.1, 0.15) is 6.54 Å². The summed E-state index contributed by atoms with van der Waals surface area (Å²) < 4.78 is 35.3. The summed E-state index contributed by atoms with van der Waals surface area (Å²) in [5.41, 5.74) is 0. The van der Waals surface area contributed by atoms with Crippen molar-refractivity contribution in [3.8, 4) is 0 Å². The minimum absolute atomic E-state index is 0.351. The molecule has 0 atom stereocenters. The van der Waals surface area contributed by atoms with Crippen LogP contribution in [0.3, 0.4) is 0 Å². The van der Waals surface area contributed by atoms with Gasteiger partial charge >= 0.3 is 12.2 Å². The van der Waals surface area contributed by atoms with Gasteiger partial charge in [0.25, 0.3) is 0 Å². The van der Waals surface area contributed by atoms with Gasteiger partial charge in [0.05, 0.1) is 0 Å². The summed E-state index contributed by atoms with van der Waals surface area (Å²) in [5.74, 6) is 0. The van der Waals surface area contributed by atoms with E-state index in [1.54, 1.807) is 5.32 Å². The first-order valence-corrected chi connectivity index (χ1v) is 5.49. The lowest BCUT2D eigenvalue weighted by atomic mass is 10.3. The molecule has 1 rings (SSSR count). The second-order valence-electron chi connectivity index (χ2n) is 3.82. The average molecular weight is 254 g/mol. The number of hydrogen-bond donors (Lipinski definition) is 3. The molecule has 0 spiro atoms. The van der Waals surface area contributed by atoms with Gasteiger partial charge in [-0.2, -0.15) is 13.2 Å². The van der Waals surface area contributed by atoms with Gasteiger partial charge in [0.15, 0.2) is 0 Å². The monoisotopic (exact) mass is 254 g/mol. The SMILES string of the molecule is O=C(NCCN1CCNCC1)NCC(F)(F)F. The minimum Gasteiger partial charge on any atom is -0.337 e. The Bertz CT molecular complexity index is 241.